The predicted molar refractivity (Wildman–Crippen MR) is 94.1 cm³/mol. The molecule has 0 unspecified atom stereocenters. The lowest BCUT2D eigenvalue weighted by atomic mass is 10.2. The summed E-state index contributed by atoms with van der Waals surface area (Å²) in [6.07, 6.45) is 1.63. The maximum absolute atomic E-state index is 12.6. The summed E-state index contributed by atoms with van der Waals surface area (Å²) in [4.78, 5) is 14.3. The zero-order chi connectivity index (χ0) is 17.4. The van der Waals surface area contributed by atoms with Crippen molar-refractivity contribution in [1.82, 2.24) is 4.90 Å². The number of halogens is 1. The van der Waals surface area contributed by atoms with Crippen LogP contribution in [0.2, 0.25) is 5.02 Å². The van der Waals surface area contributed by atoms with Crippen molar-refractivity contribution >= 4 is 23.3 Å². The highest BCUT2D eigenvalue weighted by atomic mass is 35.5. The fourth-order valence-electron chi connectivity index (χ4n) is 2.48. The van der Waals surface area contributed by atoms with Crippen LogP contribution in [-0.2, 0) is 9.47 Å². The van der Waals surface area contributed by atoms with Gasteiger partial charge < -0.3 is 24.4 Å². The lowest BCUT2D eigenvalue weighted by Gasteiger charge is -2.33. The van der Waals surface area contributed by atoms with Crippen molar-refractivity contribution in [3.8, 4) is 5.75 Å². The van der Waals surface area contributed by atoms with E-state index in [4.69, 9.17) is 25.8 Å². The maximum atomic E-state index is 12.6. The van der Waals surface area contributed by atoms with Crippen molar-refractivity contribution in [1.29, 1.82) is 0 Å². The number of hydrogen-bond acceptors (Lipinski definition) is 4. The molecule has 0 bridgehead atoms. The summed E-state index contributed by atoms with van der Waals surface area (Å²) in [7, 11) is 1.66. The van der Waals surface area contributed by atoms with Gasteiger partial charge in [-0.3, -0.25) is 0 Å². The highest BCUT2D eigenvalue weighted by Gasteiger charge is 2.25. The molecule has 1 aromatic carbocycles. The van der Waals surface area contributed by atoms with E-state index in [-0.39, 0.29) is 12.1 Å². The molecule has 134 valence electrons. The van der Waals surface area contributed by atoms with Gasteiger partial charge >= 0.3 is 6.03 Å². The number of hydrogen-bond donors (Lipinski definition) is 1. The van der Waals surface area contributed by atoms with Gasteiger partial charge in [0.15, 0.2) is 5.75 Å². The highest BCUT2D eigenvalue weighted by Crippen LogP contribution is 2.33. The van der Waals surface area contributed by atoms with Crippen LogP contribution in [0.3, 0.4) is 0 Å². The molecule has 0 aliphatic carbocycles. The van der Waals surface area contributed by atoms with E-state index >= 15 is 0 Å². The average Bonchev–Trinajstić information content (AvgIpc) is 2.59. The van der Waals surface area contributed by atoms with E-state index in [9.17, 15) is 4.79 Å². The topological polar surface area (TPSA) is 60.0 Å². The van der Waals surface area contributed by atoms with Gasteiger partial charge in [-0.05, 0) is 25.0 Å². The van der Waals surface area contributed by atoms with Gasteiger partial charge in [-0.25, -0.2) is 4.79 Å². The number of anilines is 1. The maximum Gasteiger partial charge on any atom is 0.322 e. The number of para-hydroxylation sites is 1. The summed E-state index contributed by atoms with van der Waals surface area (Å²) < 4.78 is 16.4. The zero-order valence-corrected chi connectivity index (χ0v) is 15.0. The standard InChI is InChI=1S/C17H25ClN2O4/c1-3-9-24-16-14(18)5-4-6-15(16)19-17(21)20-8-11-23-13(12-20)7-10-22-2/h4-6,13H,3,7-12H2,1-2H3,(H,19,21)/t13-/m0/s1. The van der Waals surface area contributed by atoms with E-state index in [0.717, 1.165) is 12.8 Å². The Labute approximate surface area is 148 Å². The first-order valence-electron chi connectivity index (χ1n) is 8.23. The van der Waals surface area contributed by atoms with Crippen LogP contribution in [0.15, 0.2) is 18.2 Å². The van der Waals surface area contributed by atoms with E-state index in [2.05, 4.69) is 5.32 Å². The number of carbonyl (C=O) groups excluding carboxylic acids is 1. The van der Waals surface area contributed by atoms with E-state index in [0.29, 0.717) is 49.4 Å². The minimum Gasteiger partial charge on any atom is -0.490 e. The number of carbonyl (C=O) groups is 1. The Morgan fingerprint density at radius 2 is 2.29 bits per heavy atom. The molecule has 1 N–H and O–H groups in total. The lowest BCUT2D eigenvalue weighted by molar-refractivity contribution is -0.0260. The van der Waals surface area contributed by atoms with Gasteiger partial charge in [-0.2, -0.15) is 0 Å². The predicted octanol–water partition coefficient (Wildman–Crippen LogP) is 3.40. The molecule has 1 saturated heterocycles. The smallest absolute Gasteiger partial charge is 0.322 e. The molecule has 1 aliphatic heterocycles. The Morgan fingerprint density at radius 1 is 1.46 bits per heavy atom. The van der Waals surface area contributed by atoms with E-state index in [1.807, 2.05) is 6.92 Å². The van der Waals surface area contributed by atoms with Gasteiger partial charge in [0.05, 0.1) is 30.0 Å². The summed E-state index contributed by atoms with van der Waals surface area (Å²) in [6, 6.07) is 5.15. The molecular weight excluding hydrogens is 332 g/mol. The van der Waals surface area contributed by atoms with Crippen LogP contribution in [0.25, 0.3) is 0 Å². The molecule has 2 rings (SSSR count). The number of benzene rings is 1. The molecule has 2 amide bonds. The molecular formula is C17H25ClN2O4. The first kappa shape index (κ1) is 18.8. The van der Waals surface area contributed by atoms with E-state index in [1.165, 1.54) is 0 Å². The van der Waals surface area contributed by atoms with Crippen LogP contribution in [-0.4, -0.2) is 57.1 Å². The molecule has 7 heteroatoms. The third kappa shape index (κ3) is 5.26. The van der Waals surface area contributed by atoms with Crippen molar-refractivity contribution in [3.05, 3.63) is 23.2 Å². The first-order chi connectivity index (χ1) is 11.7. The SMILES string of the molecule is CCCOc1c(Cl)cccc1NC(=O)N1CCO[C@@H](CCOC)C1. The molecule has 0 radical (unpaired) electrons. The van der Waals surface area contributed by atoms with Crippen molar-refractivity contribution in [2.45, 2.75) is 25.9 Å². The number of methoxy groups -OCH3 is 1. The van der Waals surface area contributed by atoms with Crippen molar-refractivity contribution in [2.75, 3.05) is 45.3 Å². The van der Waals surface area contributed by atoms with Gasteiger partial charge in [0.25, 0.3) is 0 Å². The van der Waals surface area contributed by atoms with Crippen LogP contribution >= 0.6 is 11.6 Å². The number of urea groups is 1. The molecule has 1 heterocycles. The Bertz CT molecular complexity index is 541. The normalized spacial score (nSPS) is 17.6. The number of ether oxygens (including phenoxy) is 3. The van der Waals surface area contributed by atoms with Crippen molar-refractivity contribution in [3.63, 3.8) is 0 Å². The Kier molecular flexibility index (Phi) is 7.62. The lowest BCUT2D eigenvalue weighted by Crippen LogP contribution is -2.47. The Balaban J connectivity index is 2.00. The number of nitrogens with one attached hydrogen (secondary N) is 1. The van der Waals surface area contributed by atoms with Gasteiger partial charge in [-0.1, -0.05) is 24.6 Å². The summed E-state index contributed by atoms with van der Waals surface area (Å²) in [5.41, 5.74) is 0.584. The molecule has 0 saturated carbocycles. The number of morpholine rings is 1. The minimum atomic E-state index is -0.177. The van der Waals surface area contributed by atoms with Gasteiger partial charge in [-0.15, -0.1) is 0 Å². The van der Waals surface area contributed by atoms with Gasteiger partial charge in [0.2, 0.25) is 0 Å². The zero-order valence-electron chi connectivity index (χ0n) is 14.2. The average molecular weight is 357 g/mol. The van der Waals surface area contributed by atoms with Crippen LogP contribution in [0.1, 0.15) is 19.8 Å². The Hall–Kier alpha value is -1.50. The van der Waals surface area contributed by atoms with Gasteiger partial charge in [0, 0.05) is 26.8 Å². The minimum absolute atomic E-state index is 0.000349. The van der Waals surface area contributed by atoms with Crippen LogP contribution in [0, 0.1) is 0 Å². The summed E-state index contributed by atoms with van der Waals surface area (Å²) in [6.45, 7) is 4.80. The first-order valence-corrected chi connectivity index (χ1v) is 8.61. The van der Waals surface area contributed by atoms with E-state index < -0.39 is 0 Å². The second-order valence-corrected chi connectivity index (χ2v) is 6.02. The molecule has 1 atom stereocenters. The molecule has 24 heavy (non-hydrogen) atoms. The van der Waals surface area contributed by atoms with Crippen LogP contribution in [0.4, 0.5) is 10.5 Å². The van der Waals surface area contributed by atoms with Crippen molar-refractivity contribution < 1.29 is 19.0 Å². The van der Waals surface area contributed by atoms with Crippen molar-refractivity contribution in [2.24, 2.45) is 0 Å². The molecule has 1 aliphatic rings. The van der Waals surface area contributed by atoms with E-state index in [1.54, 1.807) is 30.2 Å². The fourth-order valence-corrected chi connectivity index (χ4v) is 2.71. The monoisotopic (exact) mass is 356 g/mol. The third-order valence-electron chi connectivity index (χ3n) is 3.73. The number of nitrogens with zero attached hydrogens (tertiary/aromatic N) is 1. The largest absolute Gasteiger partial charge is 0.490 e. The molecule has 1 aromatic rings. The number of rotatable bonds is 7. The number of amides is 2. The van der Waals surface area contributed by atoms with Gasteiger partial charge in [0.1, 0.15) is 0 Å². The molecule has 0 spiro atoms. The molecule has 6 nitrogen and oxygen atoms in total. The summed E-state index contributed by atoms with van der Waals surface area (Å²) in [5.74, 6) is 0.513. The van der Waals surface area contributed by atoms with Crippen LogP contribution < -0.4 is 10.1 Å². The molecule has 1 fully saturated rings. The highest BCUT2D eigenvalue weighted by molar-refractivity contribution is 6.32. The Morgan fingerprint density at radius 3 is 3.04 bits per heavy atom. The fraction of sp³-hybridized carbons (Fsp3) is 0.588. The second kappa shape index (κ2) is 9.71. The summed E-state index contributed by atoms with van der Waals surface area (Å²) in [5, 5.41) is 3.38. The second-order valence-electron chi connectivity index (χ2n) is 5.62. The summed E-state index contributed by atoms with van der Waals surface area (Å²) >= 11 is 6.19. The molecule has 0 aromatic heterocycles. The third-order valence-corrected chi connectivity index (χ3v) is 4.03. The quantitative estimate of drug-likeness (QED) is 0.813. The van der Waals surface area contributed by atoms with Crippen LogP contribution in [0.5, 0.6) is 5.75 Å².